The van der Waals surface area contributed by atoms with Crippen molar-refractivity contribution in [2.45, 2.75) is 84.7 Å². The first-order chi connectivity index (χ1) is 10.9. The van der Waals surface area contributed by atoms with Crippen molar-refractivity contribution in [3.63, 3.8) is 0 Å². The molecule has 0 bridgehead atoms. The Hall–Kier alpha value is -0.300. The lowest BCUT2D eigenvalue weighted by atomic mass is 9.41. The molecule has 0 aromatic rings. The van der Waals surface area contributed by atoms with E-state index < -0.39 is 0 Å². The first-order valence-corrected chi connectivity index (χ1v) is 10.2. The van der Waals surface area contributed by atoms with Gasteiger partial charge in [-0.05, 0) is 98.2 Å². The second-order valence-electron chi connectivity index (χ2n) is 9.98. The summed E-state index contributed by atoms with van der Waals surface area (Å²) in [6, 6.07) is 0. The number of hydrogen-bond donors (Lipinski definition) is 1. The van der Waals surface area contributed by atoms with Gasteiger partial charge in [0, 0.05) is 0 Å². The van der Waals surface area contributed by atoms with Gasteiger partial charge in [-0.25, -0.2) is 0 Å². The summed E-state index contributed by atoms with van der Waals surface area (Å²) in [6.07, 6.45) is 11.9. The predicted octanol–water partition coefficient (Wildman–Crippen LogP) is 5.58. The molecule has 4 saturated carbocycles. The van der Waals surface area contributed by atoms with Crippen LogP contribution in [0.3, 0.4) is 0 Å². The van der Waals surface area contributed by atoms with Crippen molar-refractivity contribution < 1.29 is 5.11 Å². The molecule has 0 spiro atoms. The lowest BCUT2D eigenvalue weighted by Crippen LogP contribution is -2.57. The zero-order valence-corrected chi connectivity index (χ0v) is 15.5. The highest BCUT2D eigenvalue weighted by atomic mass is 16.3. The third-order valence-electron chi connectivity index (χ3n) is 9.35. The van der Waals surface area contributed by atoms with Gasteiger partial charge in [0.25, 0.3) is 0 Å². The molecule has 1 heteroatoms. The summed E-state index contributed by atoms with van der Waals surface area (Å²) in [5.74, 6) is 3.98. The van der Waals surface area contributed by atoms with Gasteiger partial charge < -0.3 is 5.11 Å². The lowest BCUT2D eigenvalue weighted by Gasteiger charge is -2.64. The monoisotopic (exact) mass is 316 g/mol. The highest BCUT2D eigenvalue weighted by molar-refractivity contribution is 5.19. The van der Waals surface area contributed by atoms with Crippen LogP contribution in [0.25, 0.3) is 0 Å². The molecule has 1 nitrogen and oxygen atoms in total. The van der Waals surface area contributed by atoms with Gasteiger partial charge in [-0.2, -0.15) is 0 Å². The molecule has 4 aliphatic carbocycles. The Bertz CT molecular complexity index is 496. The fraction of sp³-hybridized carbons (Fsp3) is 0.909. The molecule has 4 rings (SSSR count). The molecule has 0 aromatic carbocycles. The summed E-state index contributed by atoms with van der Waals surface area (Å²) in [5, 5.41) is 10.4. The molecule has 1 N–H and O–H groups in total. The van der Waals surface area contributed by atoms with Crippen LogP contribution < -0.4 is 0 Å². The van der Waals surface area contributed by atoms with E-state index in [1.807, 2.05) is 0 Å². The molecule has 4 fully saturated rings. The summed E-state index contributed by atoms with van der Waals surface area (Å²) in [7, 11) is 0. The number of aliphatic hydroxyl groups is 1. The first kappa shape index (κ1) is 16.2. The van der Waals surface area contributed by atoms with E-state index in [1.54, 1.807) is 5.57 Å². The van der Waals surface area contributed by atoms with Gasteiger partial charge >= 0.3 is 0 Å². The summed E-state index contributed by atoms with van der Waals surface area (Å²) < 4.78 is 0. The molecule has 0 aromatic heterocycles. The standard InChI is InChI=1S/C22H36O/c1-14-6-5-7-18-16-8-9-17-15(2)20(23)11-13-22(17,4)19(16)10-12-21(14,18)3/h15-20,23H,1,5-13H2,2-4H3/t15-,16-,17-,18-,19-,20-,21+,22-/m0/s1. The minimum Gasteiger partial charge on any atom is -0.393 e. The van der Waals surface area contributed by atoms with Crippen molar-refractivity contribution >= 4 is 0 Å². The van der Waals surface area contributed by atoms with Crippen LogP contribution in [-0.4, -0.2) is 11.2 Å². The van der Waals surface area contributed by atoms with E-state index in [0.29, 0.717) is 16.7 Å². The number of fused-ring (bicyclic) bond motifs is 5. The zero-order valence-electron chi connectivity index (χ0n) is 15.5. The highest BCUT2D eigenvalue weighted by Crippen LogP contribution is 2.66. The number of rotatable bonds is 0. The third kappa shape index (κ3) is 2.14. The van der Waals surface area contributed by atoms with E-state index in [9.17, 15) is 5.11 Å². The quantitative estimate of drug-likeness (QED) is 0.578. The molecule has 4 aliphatic rings. The fourth-order valence-corrected chi connectivity index (χ4v) is 7.82. The molecule has 0 saturated heterocycles. The van der Waals surface area contributed by atoms with Crippen LogP contribution in [0.2, 0.25) is 0 Å². The molecule has 0 amide bonds. The van der Waals surface area contributed by atoms with Crippen LogP contribution in [0, 0.1) is 40.4 Å². The van der Waals surface area contributed by atoms with Gasteiger partial charge in [-0.15, -0.1) is 0 Å². The van der Waals surface area contributed by atoms with E-state index in [0.717, 1.165) is 30.1 Å². The summed E-state index contributed by atoms with van der Waals surface area (Å²) >= 11 is 0. The summed E-state index contributed by atoms with van der Waals surface area (Å²) in [4.78, 5) is 0. The van der Waals surface area contributed by atoms with Crippen LogP contribution in [0.1, 0.15) is 78.6 Å². The molecule has 0 unspecified atom stereocenters. The SMILES string of the molecule is C=C1CCC[C@H]2[C@@H]3CC[C@H]4[C@H](C)[C@@H](O)CC[C@]4(C)[C@H]3CC[C@]12C. The van der Waals surface area contributed by atoms with Crippen LogP contribution >= 0.6 is 0 Å². The zero-order chi connectivity index (χ0) is 16.4. The van der Waals surface area contributed by atoms with Crippen molar-refractivity contribution in [2.75, 3.05) is 0 Å². The number of aliphatic hydroxyl groups excluding tert-OH is 1. The fourth-order valence-electron chi connectivity index (χ4n) is 7.82. The van der Waals surface area contributed by atoms with E-state index in [4.69, 9.17) is 0 Å². The molecule has 23 heavy (non-hydrogen) atoms. The molecule has 130 valence electrons. The molecule has 0 aliphatic heterocycles. The Labute approximate surface area is 142 Å². The Balaban J connectivity index is 1.65. The summed E-state index contributed by atoms with van der Waals surface area (Å²) in [6.45, 7) is 12.0. The van der Waals surface area contributed by atoms with E-state index in [1.165, 1.54) is 51.4 Å². The largest absolute Gasteiger partial charge is 0.393 e. The molecular formula is C22H36O. The van der Waals surface area contributed by atoms with Crippen molar-refractivity contribution in [3.8, 4) is 0 Å². The van der Waals surface area contributed by atoms with Gasteiger partial charge in [0.2, 0.25) is 0 Å². The normalized spacial score (nSPS) is 56.4. The van der Waals surface area contributed by atoms with E-state index in [2.05, 4.69) is 27.4 Å². The average molecular weight is 317 g/mol. The van der Waals surface area contributed by atoms with Crippen molar-refractivity contribution in [2.24, 2.45) is 40.4 Å². The second kappa shape index (κ2) is 5.35. The predicted molar refractivity (Wildman–Crippen MR) is 96.0 cm³/mol. The van der Waals surface area contributed by atoms with Crippen LogP contribution in [0.4, 0.5) is 0 Å². The smallest absolute Gasteiger partial charge is 0.0568 e. The van der Waals surface area contributed by atoms with Crippen molar-refractivity contribution in [3.05, 3.63) is 12.2 Å². The maximum absolute atomic E-state index is 10.4. The number of allylic oxidation sites excluding steroid dienone is 1. The Kier molecular flexibility index (Phi) is 3.76. The lowest BCUT2D eigenvalue weighted by molar-refractivity contribution is -0.147. The highest BCUT2D eigenvalue weighted by Gasteiger charge is 2.59. The maximum Gasteiger partial charge on any atom is 0.0568 e. The van der Waals surface area contributed by atoms with E-state index in [-0.39, 0.29) is 6.10 Å². The third-order valence-corrected chi connectivity index (χ3v) is 9.35. The van der Waals surface area contributed by atoms with Crippen LogP contribution in [0.5, 0.6) is 0 Å². The van der Waals surface area contributed by atoms with Crippen LogP contribution in [-0.2, 0) is 0 Å². The number of hydrogen-bond acceptors (Lipinski definition) is 1. The van der Waals surface area contributed by atoms with Gasteiger partial charge in [-0.3, -0.25) is 0 Å². The first-order valence-electron chi connectivity index (χ1n) is 10.2. The van der Waals surface area contributed by atoms with Gasteiger partial charge in [-0.1, -0.05) is 32.9 Å². The van der Waals surface area contributed by atoms with E-state index >= 15 is 0 Å². The Morgan fingerprint density at radius 1 is 0.957 bits per heavy atom. The average Bonchev–Trinajstić information content (AvgIpc) is 2.52. The Morgan fingerprint density at radius 3 is 2.52 bits per heavy atom. The van der Waals surface area contributed by atoms with Gasteiger partial charge in [0.1, 0.15) is 0 Å². The molecule has 8 atom stereocenters. The Morgan fingerprint density at radius 2 is 1.74 bits per heavy atom. The summed E-state index contributed by atoms with van der Waals surface area (Å²) in [5.41, 5.74) is 2.48. The second-order valence-corrected chi connectivity index (χ2v) is 9.98. The maximum atomic E-state index is 10.4. The molecular weight excluding hydrogens is 280 g/mol. The van der Waals surface area contributed by atoms with Crippen molar-refractivity contribution in [1.29, 1.82) is 0 Å². The van der Waals surface area contributed by atoms with Gasteiger partial charge in [0.05, 0.1) is 6.10 Å². The van der Waals surface area contributed by atoms with Crippen molar-refractivity contribution in [1.82, 2.24) is 0 Å². The van der Waals surface area contributed by atoms with Crippen LogP contribution in [0.15, 0.2) is 12.2 Å². The molecule has 0 radical (unpaired) electrons. The van der Waals surface area contributed by atoms with Gasteiger partial charge in [0.15, 0.2) is 0 Å². The minimum absolute atomic E-state index is 0.0482. The topological polar surface area (TPSA) is 20.2 Å². The minimum atomic E-state index is -0.0482. The molecule has 0 heterocycles.